The summed E-state index contributed by atoms with van der Waals surface area (Å²) in [4.78, 5) is 13.3. The van der Waals surface area contributed by atoms with E-state index in [0.29, 0.717) is 11.1 Å². The van der Waals surface area contributed by atoms with E-state index in [2.05, 4.69) is 41.2 Å². The lowest BCUT2D eigenvalue weighted by atomic mass is 9.95. The Balaban J connectivity index is 1.46. The van der Waals surface area contributed by atoms with E-state index in [9.17, 15) is 4.79 Å². The molecule has 2 heterocycles. The molecule has 0 atom stereocenters. The summed E-state index contributed by atoms with van der Waals surface area (Å²) in [5, 5.41) is 14.4. The van der Waals surface area contributed by atoms with Crippen LogP contribution in [0.2, 0.25) is 5.02 Å². The summed E-state index contributed by atoms with van der Waals surface area (Å²) in [6.07, 6.45) is 7.49. The number of carbonyl (C=O) groups excluding carboxylic acids is 1. The van der Waals surface area contributed by atoms with E-state index < -0.39 is 0 Å². The first kappa shape index (κ1) is 22.5. The van der Waals surface area contributed by atoms with Gasteiger partial charge in [-0.2, -0.15) is 5.10 Å². The Labute approximate surface area is 202 Å². The first-order chi connectivity index (χ1) is 15.1. The van der Waals surface area contributed by atoms with Crippen LogP contribution in [-0.4, -0.2) is 32.6 Å². The third kappa shape index (κ3) is 5.97. The standard InChI is InChI=1S/C21H21BrClN5OS2/c22-18-11-10-17(31-18)12-24-25-19(29)13-30-21-27-26-20(14-6-8-15(23)9-7-14)28(21)16-4-2-1-3-5-16/h6-12,16H,1-5,13H2,(H,25,29)/b24-12+. The summed E-state index contributed by atoms with van der Waals surface area (Å²) < 4.78 is 3.22. The monoisotopic (exact) mass is 537 g/mol. The van der Waals surface area contributed by atoms with Crippen molar-refractivity contribution >= 4 is 62.8 Å². The van der Waals surface area contributed by atoms with E-state index in [1.165, 1.54) is 31.0 Å². The second kappa shape index (κ2) is 10.8. The Morgan fingerprint density at radius 1 is 1.23 bits per heavy atom. The topological polar surface area (TPSA) is 72.2 Å². The quantitative estimate of drug-likeness (QED) is 0.222. The predicted molar refractivity (Wildman–Crippen MR) is 131 cm³/mol. The van der Waals surface area contributed by atoms with Crippen molar-refractivity contribution in [3.05, 3.63) is 50.1 Å². The van der Waals surface area contributed by atoms with Crippen LogP contribution in [0, 0.1) is 0 Å². The molecule has 1 aliphatic carbocycles. The van der Waals surface area contributed by atoms with Gasteiger partial charge in [0.1, 0.15) is 0 Å². The maximum Gasteiger partial charge on any atom is 0.250 e. The van der Waals surface area contributed by atoms with Crippen LogP contribution in [0.1, 0.15) is 43.0 Å². The van der Waals surface area contributed by atoms with Crippen molar-refractivity contribution in [2.24, 2.45) is 5.10 Å². The van der Waals surface area contributed by atoms with Crippen LogP contribution in [0.25, 0.3) is 11.4 Å². The van der Waals surface area contributed by atoms with Gasteiger partial charge in [0.15, 0.2) is 11.0 Å². The zero-order chi connectivity index (χ0) is 21.6. The predicted octanol–water partition coefficient (Wildman–Crippen LogP) is 6.17. The number of thioether (sulfide) groups is 1. The summed E-state index contributed by atoms with van der Waals surface area (Å²) in [7, 11) is 0. The van der Waals surface area contributed by atoms with E-state index in [0.717, 1.165) is 38.0 Å². The number of nitrogens with zero attached hydrogens (tertiary/aromatic N) is 4. The fourth-order valence-corrected chi connectivity index (χ4v) is 5.79. The SMILES string of the molecule is O=C(CSc1nnc(-c2ccc(Cl)cc2)n1C1CCCCC1)N/N=C/c1ccc(Br)s1. The fourth-order valence-electron chi connectivity index (χ4n) is 3.57. The van der Waals surface area contributed by atoms with E-state index in [1.807, 2.05) is 36.4 Å². The summed E-state index contributed by atoms with van der Waals surface area (Å²) in [6, 6.07) is 11.9. The summed E-state index contributed by atoms with van der Waals surface area (Å²) >= 11 is 12.4. The molecule has 6 nitrogen and oxygen atoms in total. The molecule has 1 saturated carbocycles. The van der Waals surface area contributed by atoms with Crippen LogP contribution in [0.3, 0.4) is 0 Å². The highest BCUT2D eigenvalue weighted by Gasteiger charge is 2.24. The molecule has 3 aromatic rings. The van der Waals surface area contributed by atoms with E-state index in [1.54, 1.807) is 17.6 Å². The molecule has 1 aromatic carbocycles. The number of aromatic nitrogens is 3. The average molecular weight is 539 g/mol. The zero-order valence-corrected chi connectivity index (χ0v) is 20.6. The minimum Gasteiger partial charge on any atom is -0.299 e. The van der Waals surface area contributed by atoms with E-state index >= 15 is 0 Å². The lowest BCUT2D eigenvalue weighted by molar-refractivity contribution is -0.118. The van der Waals surface area contributed by atoms with Crippen molar-refractivity contribution in [3.63, 3.8) is 0 Å². The summed E-state index contributed by atoms with van der Waals surface area (Å²) in [6.45, 7) is 0. The molecule has 0 radical (unpaired) electrons. The van der Waals surface area contributed by atoms with Crippen LogP contribution in [-0.2, 0) is 4.79 Å². The molecule has 1 amide bonds. The van der Waals surface area contributed by atoms with Gasteiger partial charge in [0.05, 0.1) is 15.8 Å². The van der Waals surface area contributed by atoms with E-state index in [-0.39, 0.29) is 11.7 Å². The first-order valence-electron chi connectivity index (χ1n) is 10.0. The van der Waals surface area contributed by atoms with Gasteiger partial charge in [0.2, 0.25) is 0 Å². The Morgan fingerprint density at radius 3 is 2.71 bits per heavy atom. The van der Waals surface area contributed by atoms with Gasteiger partial charge in [-0.3, -0.25) is 9.36 Å². The molecule has 4 rings (SSSR count). The second-order valence-electron chi connectivity index (χ2n) is 7.20. The minimum absolute atomic E-state index is 0.178. The van der Waals surface area contributed by atoms with Gasteiger partial charge in [-0.05, 0) is 65.2 Å². The summed E-state index contributed by atoms with van der Waals surface area (Å²) in [5.74, 6) is 0.868. The Bertz CT molecular complexity index is 1060. The number of amides is 1. The van der Waals surface area contributed by atoms with Gasteiger partial charge in [0, 0.05) is 21.5 Å². The first-order valence-corrected chi connectivity index (χ1v) is 13.0. The highest BCUT2D eigenvalue weighted by molar-refractivity contribution is 9.11. The summed E-state index contributed by atoms with van der Waals surface area (Å²) in [5.41, 5.74) is 3.56. The molecular formula is C21H21BrClN5OS2. The molecule has 31 heavy (non-hydrogen) atoms. The number of thiophene rings is 1. The molecule has 0 aliphatic heterocycles. The van der Waals surface area contributed by atoms with E-state index in [4.69, 9.17) is 11.6 Å². The lowest BCUT2D eigenvalue weighted by Gasteiger charge is -2.25. The van der Waals surface area contributed by atoms with Crippen LogP contribution < -0.4 is 5.43 Å². The average Bonchev–Trinajstić information content (AvgIpc) is 3.39. The smallest absolute Gasteiger partial charge is 0.250 e. The molecule has 162 valence electrons. The van der Waals surface area contributed by atoms with Crippen molar-refractivity contribution in [2.75, 3.05) is 5.75 Å². The van der Waals surface area contributed by atoms with Gasteiger partial charge < -0.3 is 0 Å². The van der Waals surface area contributed by atoms with Gasteiger partial charge in [-0.25, -0.2) is 5.43 Å². The third-order valence-corrected chi connectivity index (χ3v) is 7.77. The van der Waals surface area contributed by atoms with Crippen LogP contribution in [0.15, 0.2) is 50.4 Å². The van der Waals surface area contributed by atoms with Gasteiger partial charge in [0.25, 0.3) is 5.91 Å². The van der Waals surface area contributed by atoms with Gasteiger partial charge in [-0.1, -0.05) is 42.6 Å². The molecule has 0 spiro atoms. The number of carbonyl (C=O) groups is 1. The Kier molecular flexibility index (Phi) is 7.81. The van der Waals surface area contributed by atoms with Crippen molar-refractivity contribution in [2.45, 2.75) is 43.3 Å². The Hall–Kier alpha value is -1.68. The highest BCUT2D eigenvalue weighted by Crippen LogP contribution is 2.35. The maximum absolute atomic E-state index is 12.3. The lowest BCUT2D eigenvalue weighted by Crippen LogP contribution is -2.20. The molecule has 2 aromatic heterocycles. The Morgan fingerprint density at radius 2 is 2.00 bits per heavy atom. The second-order valence-corrected chi connectivity index (χ2v) is 11.1. The van der Waals surface area contributed by atoms with Gasteiger partial charge in [-0.15, -0.1) is 21.5 Å². The molecule has 1 N–H and O–H groups in total. The zero-order valence-electron chi connectivity index (χ0n) is 16.6. The number of halogens is 2. The van der Waals surface area contributed by atoms with Crippen LogP contribution in [0.4, 0.5) is 0 Å². The molecule has 1 fully saturated rings. The molecule has 0 saturated heterocycles. The number of hydrogen-bond donors (Lipinski definition) is 1. The normalized spacial score (nSPS) is 14.9. The molecular weight excluding hydrogens is 518 g/mol. The number of hydrogen-bond acceptors (Lipinski definition) is 6. The van der Waals surface area contributed by atoms with Crippen molar-refractivity contribution in [1.29, 1.82) is 0 Å². The molecule has 0 bridgehead atoms. The number of hydrazone groups is 1. The maximum atomic E-state index is 12.3. The minimum atomic E-state index is -0.178. The van der Waals surface area contributed by atoms with Gasteiger partial charge >= 0.3 is 0 Å². The van der Waals surface area contributed by atoms with Crippen molar-refractivity contribution in [3.8, 4) is 11.4 Å². The van der Waals surface area contributed by atoms with Crippen LogP contribution in [0.5, 0.6) is 0 Å². The highest BCUT2D eigenvalue weighted by atomic mass is 79.9. The fraction of sp³-hybridized carbons (Fsp3) is 0.333. The third-order valence-electron chi connectivity index (χ3n) is 5.01. The molecule has 10 heteroatoms. The van der Waals surface area contributed by atoms with Crippen LogP contribution >= 0.6 is 50.6 Å². The number of benzene rings is 1. The molecule has 1 aliphatic rings. The number of nitrogens with one attached hydrogen (secondary N) is 1. The van der Waals surface area contributed by atoms with Crippen molar-refractivity contribution in [1.82, 2.24) is 20.2 Å². The number of rotatable bonds is 7. The molecule has 0 unspecified atom stereocenters. The largest absolute Gasteiger partial charge is 0.299 e. The van der Waals surface area contributed by atoms with Crippen molar-refractivity contribution < 1.29 is 4.79 Å².